The van der Waals surface area contributed by atoms with E-state index < -0.39 is 0 Å². The van der Waals surface area contributed by atoms with Gasteiger partial charge in [0.1, 0.15) is 0 Å². The molecule has 0 radical (unpaired) electrons. The van der Waals surface area contributed by atoms with Crippen molar-refractivity contribution in [1.29, 1.82) is 0 Å². The van der Waals surface area contributed by atoms with Crippen molar-refractivity contribution in [3.8, 4) is 0 Å². The molecule has 1 heterocycles. The molecule has 140 valence electrons. The third-order valence-corrected chi connectivity index (χ3v) is 4.87. The average Bonchev–Trinajstić information content (AvgIpc) is 3.05. The number of nitrogens with one attached hydrogen (secondary N) is 2. The quantitative estimate of drug-likeness (QED) is 0.673. The van der Waals surface area contributed by atoms with Crippen molar-refractivity contribution in [2.45, 2.75) is 52.2 Å². The largest absolute Gasteiger partial charge is 0.370 e. The van der Waals surface area contributed by atoms with E-state index in [1.807, 2.05) is 0 Å². The van der Waals surface area contributed by atoms with Crippen LogP contribution in [0.25, 0.3) is 0 Å². The minimum absolute atomic E-state index is 0.183. The van der Waals surface area contributed by atoms with Gasteiger partial charge in [0.25, 0.3) is 0 Å². The first kappa shape index (κ1) is 19.9. The Labute approximate surface area is 152 Å². The van der Waals surface area contributed by atoms with E-state index in [0.717, 1.165) is 32.5 Å². The number of amides is 1. The van der Waals surface area contributed by atoms with Crippen LogP contribution in [0.2, 0.25) is 0 Å². The van der Waals surface area contributed by atoms with Crippen LogP contribution in [0.15, 0.2) is 24.3 Å². The van der Waals surface area contributed by atoms with Gasteiger partial charge in [-0.2, -0.15) is 0 Å². The monoisotopic (exact) mass is 347 g/mol. The van der Waals surface area contributed by atoms with Crippen LogP contribution < -0.4 is 10.6 Å². The van der Waals surface area contributed by atoms with Crippen molar-refractivity contribution in [3.63, 3.8) is 0 Å². The zero-order chi connectivity index (χ0) is 18.2. The van der Waals surface area contributed by atoms with Crippen molar-refractivity contribution in [2.75, 3.05) is 26.9 Å². The standard InChI is InChI=1S/C20H33N3O2/c1-15(2)19(22-14-25-4)20(24)23-11-5-6-18(23)13-21-12-17-9-7-16(3)8-10-17/h7-10,15,18-19,21-22H,5-6,11-14H2,1-4H3. The first-order valence-corrected chi connectivity index (χ1v) is 9.32. The van der Waals surface area contributed by atoms with E-state index in [4.69, 9.17) is 4.74 Å². The Kier molecular flexibility index (Phi) is 7.88. The summed E-state index contributed by atoms with van der Waals surface area (Å²) in [6, 6.07) is 8.68. The molecule has 2 atom stereocenters. The Morgan fingerprint density at radius 1 is 1.32 bits per heavy atom. The molecule has 1 amide bonds. The number of carbonyl (C=O) groups excluding carboxylic acids is 1. The van der Waals surface area contributed by atoms with Gasteiger partial charge in [-0.1, -0.05) is 43.7 Å². The maximum absolute atomic E-state index is 13.0. The number of rotatable bonds is 9. The van der Waals surface area contributed by atoms with Crippen molar-refractivity contribution in [3.05, 3.63) is 35.4 Å². The predicted molar refractivity (Wildman–Crippen MR) is 101 cm³/mol. The topological polar surface area (TPSA) is 53.6 Å². The van der Waals surface area contributed by atoms with Gasteiger partial charge in [-0.25, -0.2) is 0 Å². The van der Waals surface area contributed by atoms with Gasteiger partial charge in [0.15, 0.2) is 0 Å². The van der Waals surface area contributed by atoms with Gasteiger partial charge in [-0.05, 0) is 31.2 Å². The second-order valence-electron chi connectivity index (χ2n) is 7.30. The van der Waals surface area contributed by atoms with E-state index in [9.17, 15) is 4.79 Å². The third kappa shape index (κ3) is 5.80. The van der Waals surface area contributed by atoms with E-state index in [1.165, 1.54) is 11.1 Å². The molecule has 1 aliphatic heterocycles. The van der Waals surface area contributed by atoms with E-state index in [-0.39, 0.29) is 23.9 Å². The third-order valence-electron chi connectivity index (χ3n) is 4.87. The summed E-state index contributed by atoms with van der Waals surface area (Å²) in [5.41, 5.74) is 2.56. The summed E-state index contributed by atoms with van der Waals surface area (Å²) in [5.74, 6) is 0.441. The molecule has 0 spiro atoms. The summed E-state index contributed by atoms with van der Waals surface area (Å²) in [7, 11) is 1.64. The number of benzene rings is 1. The first-order chi connectivity index (χ1) is 12.0. The lowest BCUT2D eigenvalue weighted by atomic mass is 10.0. The van der Waals surface area contributed by atoms with Gasteiger partial charge in [0.2, 0.25) is 5.91 Å². The molecule has 0 bridgehead atoms. The molecule has 2 rings (SSSR count). The lowest BCUT2D eigenvalue weighted by molar-refractivity contribution is -0.135. The van der Waals surface area contributed by atoms with Gasteiger partial charge in [0.05, 0.1) is 12.8 Å². The zero-order valence-electron chi connectivity index (χ0n) is 16.0. The molecular weight excluding hydrogens is 314 g/mol. The van der Waals surface area contributed by atoms with Gasteiger partial charge in [-0.15, -0.1) is 0 Å². The molecule has 1 aromatic rings. The molecule has 1 aliphatic rings. The minimum Gasteiger partial charge on any atom is -0.370 e. The molecule has 0 aliphatic carbocycles. The maximum Gasteiger partial charge on any atom is 0.240 e. The van der Waals surface area contributed by atoms with Crippen LogP contribution in [0.1, 0.15) is 37.8 Å². The fourth-order valence-corrected chi connectivity index (χ4v) is 3.39. The van der Waals surface area contributed by atoms with E-state index in [0.29, 0.717) is 6.73 Å². The number of aryl methyl sites for hydroxylation is 1. The summed E-state index contributed by atoms with van der Waals surface area (Å²) in [5, 5.41) is 6.74. The molecular formula is C20H33N3O2. The predicted octanol–water partition coefficient (Wildman–Crippen LogP) is 2.29. The van der Waals surface area contributed by atoms with Crippen LogP contribution >= 0.6 is 0 Å². The molecule has 1 fully saturated rings. The fourth-order valence-electron chi connectivity index (χ4n) is 3.39. The Morgan fingerprint density at radius 2 is 2.04 bits per heavy atom. The molecule has 0 saturated carbocycles. The molecule has 1 saturated heterocycles. The molecule has 5 heteroatoms. The number of likely N-dealkylation sites (tertiary alicyclic amines) is 1. The Hall–Kier alpha value is -1.43. The van der Waals surface area contributed by atoms with E-state index in [1.54, 1.807) is 7.11 Å². The van der Waals surface area contributed by atoms with Crippen LogP contribution in [-0.4, -0.2) is 49.8 Å². The average molecular weight is 348 g/mol. The normalized spacial score (nSPS) is 18.8. The number of hydrogen-bond acceptors (Lipinski definition) is 4. The maximum atomic E-state index is 13.0. The minimum atomic E-state index is -0.183. The number of ether oxygens (including phenoxy) is 1. The van der Waals surface area contributed by atoms with E-state index in [2.05, 4.69) is 60.6 Å². The lowest BCUT2D eigenvalue weighted by Crippen LogP contribution is -2.52. The Morgan fingerprint density at radius 3 is 2.68 bits per heavy atom. The number of methoxy groups -OCH3 is 1. The zero-order valence-corrected chi connectivity index (χ0v) is 16.0. The van der Waals surface area contributed by atoms with Crippen molar-refractivity contribution in [1.82, 2.24) is 15.5 Å². The highest BCUT2D eigenvalue weighted by Crippen LogP contribution is 2.20. The summed E-state index contributed by atoms with van der Waals surface area (Å²) in [4.78, 5) is 15.0. The molecule has 5 nitrogen and oxygen atoms in total. The highest BCUT2D eigenvalue weighted by atomic mass is 16.5. The summed E-state index contributed by atoms with van der Waals surface area (Å²) < 4.78 is 5.09. The summed E-state index contributed by atoms with van der Waals surface area (Å²) in [6.07, 6.45) is 2.15. The highest BCUT2D eigenvalue weighted by molar-refractivity contribution is 5.82. The fraction of sp³-hybridized carbons (Fsp3) is 0.650. The summed E-state index contributed by atoms with van der Waals surface area (Å²) in [6.45, 7) is 9.19. The van der Waals surface area contributed by atoms with Crippen molar-refractivity contribution in [2.24, 2.45) is 5.92 Å². The van der Waals surface area contributed by atoms with Crippen LogP contribution in [-0.2, 0) is 16.1 Å². The van der Waals surface area contributed by atoms with Gasteiger partial charge >= 0.3 is 0 Å². The number of nitrogens with zero attached hydrogens (tertiary/aromatic N) is 1. The lowest BCUT2D eigenvalue weighted by Gasteiger charge is -2.31. The van der Waals surface area contributed by atoms with Crippen LogP contribution in [0.4, 0.5) is 0 Å². The van der Waals surface area contributed by atoms with Gasteiger partial charge in [0, 0.05) is 32.8 Å². The second-order valence-corrected chi connectivity index (χ2v) is 7.30. The second kappa shape index (κ2) is 9.90. The number of carbonyl (C=O) groups is 1. The Bertz CT molecular complexity index is 530. The first-order valence-electron chi connectivity index (χ1n) is 9.32. The van der Waals surface area contributed by atoms with Crippen LogP contribution in [0, 0.1) is 12.8 Å². The summed E-state index contributed by atoms with van der Waals surface area (Å²) >= 11 is 0. The molecule has 1 aromatic carbocycles. The highest BCUT2D eigenvalue weighted by Gasteiger charge is 2.33. The van der Waals surface area contributed by atoms with Crippen molar-refractivity contribution < 1.29 is 9.53 Å². The van der Waals surface area contributed by atoms with Crippen LogP contribution in [0.3, 0.4) is 0 Å². The molecule has 2 N–H and O–H groups in total. The van der Waals surface area contributed by atoms with Gasteiger partial charge in [-0.3, -0.25) is 10.1 Å². The van der Waals surface area contributed by atoms with Gasteiger partial charge < -0.3 is 15.0 Å². The Balaban J connectivity index is 1.87. The number of hydrogen-bond donors (Lipinski definition) is 2. The van der Waals surface area contributed by atoms with Crippen molar-refractivity contribution >= 4 is 5.91 Å². The molecule has 2 unspecified atom stereocenters. The SMILES string of the molecule is COCNC(C(=O)N1CCCC1CNCc1ccc(C)cc1)C(C)C. The molecule has 25 heavy (non-hydrogen) atoms. The molecule has 0 aromatic heterocycles. The smallest absolute Gasteiger partial charge is 0.240 e. The van der Waals surface area contributed by atoms with Crippen LogP contribution in [0.5, 0.6) is 0 Å². The van der Waals surface area contributed by atoms with E-state index >= 15 is 0 Å².